The molecule has 2 aromatic rings. The lowest BCUT2D eigenvalue weighted by molar-refractivity contribution is 0.0485. The standard InChI is InChI=1S/C21H24ClNO6S/c1-27-19-10-5-16(15-20(19)30(25,26)23-11-2-3-12-23)21(24)29-14-4-13-28-18-8-6-17(22)7-9-18/h5-10,15H,2-4,11-14H2,1H3. The molecule has 1 aliphatic rings. The summed E-state index contributed by atoms with van der Waals surface area (Å²) in [6, 6.07) is 11.3. The van der Waals surface area contributed by atoms with Crippen LogP contribution in [0.4, 0.5) is 0 Å². The van der Waals surface area contributed by atoms with Crippen molar-refractivity contribution in [3.63, 3.8) is 0 Å². The van der Waals surface area contributed by atoms with Crippen LogP contribution in [0.5, 0.6) is 11.5 Å². The van der Waals surface area contributed by atoms with Gasteiger partial charge in [-0.2, -0.15) is 4.31 Å². The number of rotatable bonds is 9. The molecule has 1 heterocycles. The van der Waals surface area contributed by atoms with Gasteiger partial charge in [0.15, 0.2) is 0 Å². The van der Waals surface area contributed by atoms with E-state index < -0.39 is 16.0 Å². The highest BCUT2D eigenvalue weighted by Gasteiger charge is 2.30. The monoisotopic (exact) mass is 453 g/mol. The molecule has 9 heteroatoms. The highest BCUT2D eigenvalue weighted by Crippen LogP contribution is 2.30. The summed E-state index contributed by atoms with van der Waals surface area (Å²) in [5.41, 5.74) is 0.159. The first-order valence-corrected chi connectivity index (χ1v) is 11.5. The van der Waals surface area contributed by atoms with E-state index in [0.717, 1.165) is 12.8 Å². The first-order valence-electron chi connectivity index (χ1n) is 9.65. The number of hydrogen-bond donors (Lipinski definition) is 0. The third kappa shape index (κ3) is 5.44. The second-order valence-corrected chi connectivity index (χ2v) is 9.11. The Kier molecular flexibility index (Phi) is 7.58. The maximum absolute atomic E-state index is 12.9. The molecule has 2 aromatic carbocycles. The summed E-state index contributed by atoms with van der Waals surface area (Å²) in [6.45, 7) is 1.44. The van der Waals surface area contributed by atoms with E-state index in [4.69, 9.17) is 25.8 Å². The second kappa shape index (κ2) is 10.1. The molecule has 0 atom stereocenters. The minimum atomic E-state index is -3.73. The van der Waals surface area contributed by atoms with Crippen molar-refractivity contribution in [3.8, 4) is 11.5 Å². The summed E-state index contributed by atoms with van der Waals surface area (Å²) in [6.07, 6.45) is 2.13. The molecule has 0 spiro atoms. The second-order valence-electron chi connectivity index (χ2n) is 6.77. The maximum Gasteiger partial charge on any atom is 0.338 e. The average molecular weight is 454 g/mol. The Labute approximate surface area is 181 Å². The topological polar surface area (TPSA) is 82.1 Å². The number of nitrogens with zero attached hydrogens (tertiary/aromatic N) is 1. The molecule has 0 aromatic heterocycles. The van der Waals surface area contributed by atoms with Crippen LogP contribution in [-0.2, 0) is 14.8 Å². The minimum Gasteiger partial charge on any atom is -0.495 e. The predicted molar refractivity (Wildman–Crippen MR) is 113 cm³/mol. The zero-order valence-corrected chi connectivity index (χ0v) is 18.2. The van der Waals surface area contributed by atoms with E-state index in [1.807, 2.05) is 0 Å². The first-order chi connectivity index (χ1) is 14.4. The van der Waals surface area contributed by atoms with Gasteiger partial charge in [-0.15, -0.1) is 0 Å². The number of hydrogen-bond acceptors (Lipinski definition) is 6. The number of ether oxygens (including phenoxy) is 3. The van der Waals surface area contributed by atoms with Crippen LogP contribution < -0.4 is 9.47 Å². The highest BCUT2D eigenvalue weighted by atomic mass is 35.5. The Balaban J connectivity index is 1.58. The van der Waals surface area contributed by atoms with Crippen LogP contribution in [0, 0.1) is 0 Å². The van der Waals surface area contributed by atoms with Gasteiger partial charge in [0, 0.05) is 24.5 Å². The molecule has 1 aliphatic heterocycles. The van der Waals surface area contributed by atoms with E-state index in [9.17, 15) is 13.2 Å². The van der Waals surface area contributed by atoms with Crippen LogP contribution in [0.1, 0.15) is 29.6 Å². The Morgan fingerprint density at radius 1 is 1.07 bits per heavy atom. The third-order valence-electron chi connectivity index (χ3n) is 4.69. The summed E-state index contributed by atoms with van der Waals surface area (Å²) in [4.78, 5) is 12.4. The first kappa shape index (κ1) is 22.4. The molecule has 0 saturated carbocycles. The summed E-state index contributed by atoms with van der Waals surface area (Å²) < 4.78 is 43.3. The van der Waals surface area contributed by atoms with Crippen LogP contribution in [0.15, 0.2) is 47.4 Å². The summed E-state index contributed by atoms with van der Waals surface area (Å²) in [7, 11) is -2.33. The Morgan fingerprint density at radius 2 is 1.77 bits per heavy atom. The SMILES string of the molecule is COc1ccc(C(=O)OCCCOc2ccc(Cl)cc2)cc1S(=O)(=O)N1CCCC1. The fourth-order valence-electron chi connectivity index (χ4n) is 3.10. The Hall–Kier alpha value is -2.29. The molecular weight excluding hydrogens is 430 g/mol. The molecule has 0 N–H and O–H groups in total. The van der Waals surface area contributed by atoms with Crippen molar-refractivity contribution >= 4 is 27.6 Å². The molecule has 3 rings (SSSR count). The molecule has 0 unspecified atom stereocenters. The zero-order valence-electron chi connectivity index (χ0n) is 16.7. The van der Waals surface area contributed by atoms with E-state index in [-0.39, 0.29) is 22.8 Å². The van der Waals surface area contributed by atoms with E-state index in [1.165, 1.54) is 29.6 Å². The van der Waals surface area contributed by atoms with E-state index in [0.29, 0.717) is 36.9 Å². The van der Waals surface area contributed by atoms with Gasteiger partial charge in [0.25, 0.3) is 0 Å². The molecule has 30 heavy (non-hydrogen) atoms. The number of sulfonamides is 1. The Morgan fingerprint density at radius 3 is 2.43 bits per heavy atom. The molecule has 0 amide bonds. The quantitative estimate of drug-likeness (QED) is 0.424. The normalized spacial score (nSPS) is 14.5. The molecule has 162 valence electrons. The van der Waals surface area contributed by atoms with Gasteiger partial charge in [-0.05, 0) is 55.3 Å². The van der Waals surface area contributed by atoms with Gasteiger partial charge in [0.2, 0.25) is 10.0 Å². The van der Waals surface area contributed by atoms with Crippen LogP contribution in [0.3, 0.4) is 0 Å². The summed E-state index contributed by atoms with van der Waals surface area (Å²) in [5, 5.41) is 0.627. The molecule has 0 bridgehead atoms. The van der Waals surface area contributed by atoms with Crippen molar-refractivity contribution in [1.29, 1.82) is 0 Å². The lowest BCUT2D eigenvalue weighted by atomic mass is 10.2. The van der Waals surface area contributed by atoms with Gasteiger partial charge in [0.05, 0.1) is 25.9 Å². The van der Waals surface area contributed by atoms with Crippen molar-refractivity contribution in [2.75, 3.05) is 33.4 Å². The van der Waals surface area contributed by atoms with Crippen molar-refractivity contribution in [1.82, 2.24) is 4.31 Å². The molecular formula is C21H24ClNO6S. The number of esters is 1. The van der Waals surface area contributed by atoms with Crippen molar-refractivity contribution in [2.24, 2.45) is 0 Å². The average Bonchev–Trinajstić information content (AvgIpc) is 3.30. The van der Waals surface area contributed by atoms with Gasteiger partial charge in [0.1, 0.15) is 16.4 Å². The van der Waals surface area contributed by atoms with Crippen LogP contribution in [0.25, 0.3) is 0 Å². The highest BCUT2D eigenvalue weighted by molar-refractivity contribution is 7.89. The minimum absolute atomic E-state index is 0.0209. The smallest absolute Gasteiger partial charge is 0.338 e. The molecule has 0 radical (unpaired) electrons. The molecule has 1 saturated heterocycles. The van der Waals surface area contributed by atoms with E-state index in [1.54, 1.807) is 24.3 Å². The summed E-state index contributed by atoms with van der Waals surface area (Å²) >= 11 is 5.82. The van der Waals surface area contributed by atoms with Gasteiger partial charge in [-0.25, -0.2) is 13.2 Å². The number of halogens is 1. The van der Waals surface area contributed by atoms with E-state index >= 15 is 0 Å². The fourth-order valence-corrected chi connectivity index (χ4v) is 4.93. The number of benzene rings is 2. The van der Waals surface area contributed by atoms with Crippen molar-refractivity contribution in [2.45, 2.75) is 24.2 Å². The fraction of sp³-hybridized carbons (Fsp3) is 0.381. The van der Waals surface area contributed by atoms with Gasteiger partial charge in [-0.1, -0.05) is 11.6 Å². The lowest BCUT2D eigenvalue weighted by Crippen LogP contribution is -2.28. The van der Waals surface area contributed by atoms with Crippen LogP contribution in [0.2, 0.25) is 5.02 Å². The number of carbonyl (C=O) groups excluding carboxylic acids is 1. The van der Waals surface area contributed by atoms with Crippen molar-refractivity contribution in [3.05, 3.63) is 53.1 Å². The van der Waals surface area contributed by atoms with Crippen LogP contribution >= 0.6 is 11.6 Å². The predicted octanol–water partition coefficient (Wildman–Crippen LogP) is 3.76. The number of methoxy groups -OCH3 is 1. The maximum atomic E-state index is 12.9. The van der Waals surface area contributed by atoms with E-state index in [2.05, 4.69) is 0 Å². The summed E-state index contributed by atoms with van der Waals surface area (Å²) in [5.74, 6) is 0.287. The van der Waals surface area contributed by atoms with Crippen LogP contribution in [-0.4, -0.2) is 52.1 Å². The lowest BCUT2D eigenvalue weighted by Gasteiger charge is -2.18. The van der Waals surface area contributed by atoms with Gasteiger partial charge in [-0.3, -0.25) is 0 Å². The molecule has 7 nitrogen and oxygen atoms in total. The largest absolute Gasteiger partial charge is 0.495 e. The Bertz CT molecular complexity index is 971. The zero-order chi connectivity index (χ0) is 21.6. The molecule has 1 fully saturated rings. The van der Waals surface area contributed by atoms with Gasteiger partial charge >= 0.3 is 5.97 Å². The number of carbonyl (C=O) groups is 1. The molecule has 0 aliphatic carbocycles. The van der Waals surface area contributed by atoms with Gasteiger partial charge < -0.3 is 14.2 Å². The van der Waals surface area contributed by atoms with Crippen molar-refractivity contribution < 1.29 is 27.4 Å². The third-order valence-corrected chi connectivity index (χ3v) is 6.86.